The number of rotatable bonds is 5. The molecule has 6 heteroatoms. The maximum absolute atomic E-state index is 5.55. The maximum Gasteiger partial charge on any atom is 0.229 e. The molecule has 5 nitrogen and oxygen atoms in total. The lowest BCUT2D eigenvalue weighted by molar-refractivity contribution is 0.102. The van der Waals surface area contributed by atoms with Crippen LogP contribution in [0.25, 0.3) is 11.4 Å². The van der Waals surface area contributed by atoms with Gasteiger partial charge in [0, 0.05) is 23.7 Å². The molecule has 0 bridgehead atoms. The molecule has 0 radical (unpaired) electrons. The molecule has 1 heterocycles. The Morgan fingerprint density at radius 1 is 1.39 bits per heavy atom. The molecule has 0 saturated carbocycles. The number of aromatic nitrogens is 2. The van der Waals surface area contributed by atoms with Crippen molar-refractivity contribution < 1.29 is 9.26 Å². The largest absolute Gasteiger partial charge is 0.380 e. The molecule has 0 aliphatic heterocycles. The third-order valence-corrected chi connectivity index (χ3v) is 3.10. The van der Waals surface area contributed by atoms with Crippen LogP contribution < -0.4 is 5.73 Å². The number of nitrogens with zero attached hydrogens (tertiary/aromatic N) is 2. The van der Waals surface area contributed by atoms with Crippen molar-refractivity contribution in [1.29, 1.82) is 0 Å². The second kappa shape index (κ2) is 6.08. The molecule has 0 aliphatic carbocycles. The number of benzene rings is 1. The van der Waals surface area contributed by atoms with Crippen molar-refractivity contribution in [2.24, 2.45) is 5.73 Å². The molecule has 2 rings (SSSR count). The Labute approximate surface area is 113 Å². The lowest BCUT2D eigenvalue weighted by atomic mass is 10.2. The van der Waals surface area contributed by atoms with Crippen molar-refractivity contribution in [3.05, 3.63) is 34.6 Å². The van der Waals surface area contributed by atoms with E-state index in [-0.39, 0.29) is 6.10 Å². The smallest absolute Gasteiger partial charge is 0.229 e. The van der Waals surface area contributed by atoms with Gasteiger partial charge < -0.3 is 15.0 Å². The third kappa shape index (κ3) is 3.16. The molecule has 0 amide bonds. The van der Waals surface area contributed by atoms with Gasteiger partial charge >= 0.3 is 0 Å². The molecule has 2 N–H and O–H groups in total. The first-order chi connectivity index (χ1) is 8.72. The van der Waals surface area contributed by atoms with Crippen LogP contribution in [0.5, 0.6) is 0 Å². The summed E-state index contributed by atoms with van der Waals surface area (Å²) >= 11 is 3.38. The van der Waals surface area contributed by atoms with E-state index >= 15 is 0 Å². The number of ether oxygens (including phenoxy) is 1. The van der Waals surface area contributed by atoms with Crippen molar-refractivity contribution in [3.8, 4) is 11.4 Å². The molecule has 1 unspecified atom stereocenters. The molecule has 18 heavy (non-hydrogen) atoms. The van der Waals surface area contributed by atoms with E-state index in [1.165, 1.54) is 0 Å². The van der Waals surface area contributed by atoms with E-state index in [2.05, 4.69) is 26.1 Å². The molecule has 0 spiro atoms. The third-order valence-electron chi connectivity index (χ3n) is 2.57. The molecule has 96 valence electrons. The molecule has 0 aliphatic rings. The van der Waals surface area contributed by atoms with Gasteiger partial charge in [0.2, 0.25) is 11.7 Å². The Morgan fingerprint density at radius 3 is 2.72 bits per heavy atom. The van der Waals surface area contributed by atoms with Gasteiger partial charge in [0.1, 0.15) is 0 Å². The normalized spacial score (nSPS) is 12.6. The summed E-state index contributed by atoms with van der Waals surface area (Å²) in [6.45, 7) is 0.423. The van der Waals surface area contributed by atoms with E-state index in [0.717, 1.165) is 10.0 Å². The summed E-state index contributed by atoms with van der Waals surface area (Å²) in [6, 6.07) is 7.72. The molecular weight excluding hydrogens is 298 g/mol. The summed E-state index contributed by atoms with van der Waals surface area (Å²) in [4.78, 5) is 4.32. The predicted molar refractivity (Wildman–Crippen MR) is 71.0 cm³/mol. The highest BCUT2D eigenvalue weighted by atomic mass is 79.9. The van der Waals surface area contributed by atoms with Gasteiger partial charge in [-0.2, -0.15) is 4.98 Å². The van der Waals surface area contributed by atoms with Crippen LogP contribution in [0.3, 0.4) is 0 Å². The monoisotopic (exact) mass is 311 g/mol. The highest BCUT2D eigenvalue weighted by molar-refractivity contribution is 9.10. The van der Waals surface area contributed by atoms with Crippen LogP contribution in [-0.2, 0) is 11.2 Å². The van der Waals surface area contributed by atoms with E-state index in [0.29, 0.717) is 24.7 Å². The number of hydrogen-bond acceptors (Lipinski definition) is 5. The van der Waals surface area contributed by atoms with Crippen LogP contribution in [0.1, 0.15) is 5.89 Å². The maximum atomic E-state index is 5.55. The average Bonchev–Trinajstić information content (AvgIpc) is 2.85. The van der Waals surface area contributed by atoms with Crippen LogP contribution in [0.15, 0.2) is 33.3 Å². The minimum atomic E-state index is -0.0942. The molecule has 0 fully saturated rings. The number of hydrogen-bond donors (Lipinski definition) is 1. The van der Waals surface area contributed by atoms with E-state index in [1.807, 2.05) is 24.3 Å². The fourth-order valence-corrected chi connectivity index (χ4v) is 1.78. The van der Waals surface area contributed by atoms with Crippen molar-refractivity contribution in [2.75, 3.05) is 13.7 Å². The van der Waals surface area contributed by atoms with E-state index in [9.17, 15) is 0 Å². The van der Waals surface area contributed by atoms with Crippen molar-refractivity contribution in [3.63, 3.8) is 0 Å². The molecule has 2 aromatic rings. The van der Waals surface area contributed by atoms with Crippen molar-refractivity contribution >= 4 is 15.9 Å². The Morgan fingerprint density at radius 2 is 2.11 bits per heavy atom. The van der Waals surface area contributed by atoms with Gasteiger partial charge in [-0.3, -0.25) is 0 Å². The van der Waals surface area contributed by atoms with Gasteiger partial charge in [-0.1, -0.05) is 21.1 Å². The number of methoxy groups -OCH3 is 1. The van der Waals surface area contributed by atoms with Gasteiger partial charge in [0.05, 0.1) is 12.5 Å². The highest BCUT2D eigenvalue weighted by Gasteiger charge is 2.13. The predicted octanol–water partition coefficient (Wildman–Crippen LogP) is 2.02. The zero-order valence-corrected chi connectivity index (χ0v) is 11.6. The second-order valence-electron chi connectivity index (χ2n) is 3.82. The van der Waals surface area contributed by atoms with E-state index in [4.69, 9.17) is 15.0 Å². The van der Waals surface area contributed by atoms with E-state index in [1.54, 1.807) is 7.11 Å². The van der Waals surface area contributed by atoms with Crippen LogP contribution in [0.2, 0.25) is 0 Å². The van der Waals surface area contributed by atoms with Crippen molar-refractivity contribution in [1.82, 2.24) is 10.1 Å². The summed E-state index contributed by atoms with van der Waals surface area (Å²) < 4.78 is 11.4. The van der Waals surface area contributed by atoms with Gasteiger partial charge in [0.15, 0.2) is 0 Å². The van der Waals surface area contributed by atoms with Crippen LogP contribution in [0, 0.1) is 0 Å². The number of halogens is 1. The summed E-state index contributed by atoms with van der Waals surface area (Å²) in [5.74, 6) is 1.11. The minimum Gasteiger partial charge on any atom is -0.380 e. The minimum absolute atomic E-state index is 0.0942. The zero-order valence-electron chi connectivity index (χ0n) is 9.97. The molecule has 1 aromatic heterocycles. The Kier molecular flexibility index (Phi) is 4.46. The summed E-state index contributed by atoms with van der Waals surface area (Å²) in [6.07, 6.45) is 0.430. The molecular formula is C12H14BrN3O2. The topological polar surface area (TPSA) is 74.2 Å². The van der Waals surface area contributed by atoms with Gasteiger partial charge in [-0.25, -0.2) is 0 Å². The Hall–Kier alpha value is -1.24. The zero-order chi connectivity index (χ0) is 13.0. The summed E-state index contributed by atoms with van der Waals surface area (Å²) in [7, 11) is 1.61. The van der Waals surface area contributed by atoms with E-state index < -0.39 is 0 Å². The van der Waals surface area contributed by atoms with Crippen LogP contribution in [-0.4, -0.2) is 29.9 Å². The fourth-order valence-electron chi connectivity index (χ4n) is 1.51. The SMILES string of the molecule is COC(CN)Cc1nc(-c2ccc(Br)cc2)no1. The molecule has 1 aromatic carbocycles. The van der Waals surface area contributed by atoms with Crippen LogP contribution in [0.4, 0.5) is 0 Å². The molecule has 1 atom stereocenters. The average molecular weight is 312 g/mol. The summed E-state index contributed by atoms with van der Waals surface area (Å²) in [5, 5.41) is 3.94. The summed E-state index contributed by atoms with van der Waals surface area (Å²) in [5.41, 5.74) is 6.46. The highest BCUT2D eigenvalue weighted by Crippen LogP contribution is 2.19. The first kappa shape index (κ1) is 13.2. The van der Waals surface area contributed by atoms with Gasteiger partial charge in [-0.05, 0) is 24.3 Å². The molecule has 0 saturated heterocycles. The lowest BCUT2D eigenvalue weighted by Crippen LogP contribution is -2.24. The second-order valence-corrected chi connectivity index (χ2v) is 4.73. The quantitative estimate of drug-likeness (QED) is 0.914. The first-order valence-corrected chi connectivity index (χ1v) is 6.33. The Bertz CT molecular complexity index is 494. The van der Waals surface area contributed by atoms with Gasteiger partial charge in [0.25, 0.3) is 0 Å². The standard InChI is InChI=1S/C12H14BrN3O2/c1-17-10(7-14)6-11-15-12(16-18-11)8-2-4-9(13)5-3-8/h2-5,10H,6-7,14H2,1H3. The van der Waals surface area contributed by atoms with Gasteiger partial charge in [-0.15, -0.1) is 0 Å². The van der Waals surface area contributed by atoms with Crippen molar-refractivity contribution in [2.45, 2.75) is 12.5 Å². The van der Waals surface area contributed by atoms with Crippen LogP contribution >= 0.6 is 15.9 Å². The Balaban J connectivity index is 2.12. The fraction of sp³-hybridized carbons (Fsp3) is 0.333. The number of nitrogens with two attached hydrogens (primary N) is 1. The lowest BCUT2D eigenvalue weighted by Gasteiger charge is -2.08. The first-order valence-electron chi connectivity index (χ1n) is 5.54.